The van der Waals surface area contributed by atoms with E-state index >= 15 is 0 Å². The molecule has 0 saturated carbocycles. The number of carbonyl (C=O) groups is 1. The van der Waals surface area contributed by atoms with Crippen LogP contribution in [0.1, 0.15) is 23.3 Å². The molecule has 0 spiro atoms. The number of aryl methyl sites for hydroxylation is 2. The van der Waals surface area contributed by atoms with Gasteiger partial charge in [-0.3, -0.25) is 4.79 Å². The molecule has 3 aromatic rings. The van der Waals surface area contributed by atoms with Crippen molar-refractivity contribution in [2.75, 3.05) is 0 Å². The number of fused-ring (bicyclic) bond motifs is 1. The van der Waals surface area contributed by atoms with E-state index < -0.39 is 5.63 Å². The molecule has 0 aliphatic rings. The number of benzene rings is 1. The molecule has 0 unspecified atom stereocenters. The third-order valence-corrected chi connectivity index (χ3v) is 3.76. The predicted octanol–water partition coefficient (Wildman–Crippen LogP) is 3.08. The molecule has 6 heteroatoms. The Hall–Kier alpha value is -3.02. The van der Waals surface area contributed by atoms with Crippen LogP contribution in [-0.4, -0.2) is 11.1 Å². The van der Waals surface area contributed by atoms with Crippen LogP contribution in [-0.2, 0) is 22.6 Å². The Balaban J connectivity index is 1.74. The highest BCUT2D eigenvalue weighted by atomic mass is 16.5. The first-order valence-electron chi connectivity index (χ1n) is 7.48. The fourth-order valence-electron chi connectivity index (χ4n) is 2.45. The van der Waals surface area contributed by atoms with Crippen molar-refractivity contribution in [1.29, 1.82) is 0 Å². The highest BCUT2D eigenvalue weighted by molar-refractivity contribution is 5.85. The minimum Gasteiger partial charge on any atom is -0.508 e. The third-order valence-electron chi connectivity index (χ3n) is 3.76. The molecule has 1 N–H and O–H groups in total. The van der Waals surface area contributed by atoms with Crippen molar-refractivity contribution in [3.63, 3.8) is 0 Å². The molecule has 0 atom stereocenters. The molecule has 124 valence electrons. The van der Waals surface area contributed by atoms with Crippen LogP contribution in [0, 0.1) is 6.92 Å². The first-order valence-corrected chi connectivity index (χ1v) is 7.48. The molecule has 24 heavy (non-hydrogen) atoms. The maximum absolute atomic E-state index is 11.8. The molecule has 0 aliphatic heterocycles. The van der Waals surface area contributed by atoms with E-state index in [9.17, 15) is 14.7 Å². The molecule has 0 aliphatic carbocycles. The number of furan rings is 1. The number of esters is 1. The lowest BCUT2D eigenvalue weighted by atomic mass is 10.1. The average molecular weight is 328 g/mol. The van der Waals surface area contributed by atoms with Crippen molar-refractivity contribution >= 4 is 16.9 Å². The van der Waals surface area contributed by atoms with Gasteiger partial charge in [-0.1, -0.05) is 0 Å². The first-order chi connectivity index (χ1) is 11.5. The highest BCUT2D eigenvalue weighted by Gasteiger charge is 2.12. The molecule has 6 nitrogen and oxygen atoms in total. The van der Waals surface area contributed by atoms with Gasteiger partial charge in [-0.25, -0.2) is 4.79 Å². The molecule has 2 aromatic heterocycles. The summed E-state index contributed by atoms with van der Waals surface area (Å²) in [5, 5.41) is 10.3. The summed E-state index contributed by atoms with van der Waals surface area (Å²) in [7, 11) is 0. The van der Waals surface area contributed by atoms with E-state index in [1.165, 1.54) is 12.1 Å². The molecule has 0 amide bonds. The van der Waals surface area contributed by atoms with E-state index in [0.29, 0.717) is 34.3 Å². The van der Waals surface area contributed by atoms with Crippen LogP contribution in [0.5, 0.6) is 5.75 Å². The molecule has 0 radical (unpaired) electrons. The summed E-state index contributed by atoms with van der Waals surface area (Å²) in [6.45, 7) is 1.61. The van der Waals surface area contributed by atoms with Crippen LogP contribution >= 0.6 is 0 Å². The molecular formula is C18H16O6. The van der Waals surface area contributed by atoms with E-state index in [4.69, 9.17) is 13.6 Å². The van der Waals surface area contributed by atoms with Crippen LogP contribution in [0.4, 0.5) is 0 Å². The number of ether oxygens (including phenoxy) is 1. The van der Waals surface area contributed by atoms with Crippen molar-refractivity contribution in [3.8, 4) is 5.75 Å². The lowest BCUT2D eigenvalue weighted by Gasteiger charge is -2.09. The molecule has 0 saturated heterocycles. The van der Waals surface area contributed by atoms with Crippen LogP contribution in [0.3, 0.4) is 0 Å². The molecule has 3 rings (SSSR count). The smallest absolute Gasteiger partial charge is 0.336 e. The Morgan fingerprint density at radius 2 is 2.12 bits per heavy atom. The van der Waals surface area contributed by atoms with E-state index in [1.807, 2.05) is 0 Å². The van der Waals surface area contributed by atoms with Crippen LogP contribution in [0.25, 0.3) is 11.0 Å². The monoisotopic (exact) mass is 328 g/mol. The predicted molar refractivity (Wildman–Crippen MR) is 85.7 cm³/mol. The molecule has 1 aromatic carbocycles. The maximum Gasteiger partial charge on any atom is 0.336 e. The first kappa shape index (κ1) is 15.9. The summed E-state index contributed by atoms with van der Waals surface area (Å²) < 4.78 is 15.5. The summed E-state index contributed by atoms with van der Waals surface area (Å²) in [4.78, 5) is 23.5. The van der Waals surface area contributed by atoms with Crippen molar-refractivity contribution in [2.45, 2.75) is 26.4 Å². The number of carbonyl (C=O) groups excluding carboxylic acids is 1. The number of phenols is 1. The minimum absolute atomic E-state index is 0.0384. The molecule has 2 heterocycles. The zero-order valence-corrected chi connectivity index (χ0v) is 13.1. The van der Waals surface area contributed by atoms with Gasteiger partial charge in [0.25, 0.3) is 0 Å². The summed E-state index contributed by atoms with van der Waals surface area (Å²) >= 11 is 0. The van der Waals surface area contributed by atoms with E-state index in [-0.39, 0.29) is 24.7 Å². The highest BCUT2D eigenvalue weighted by Crippen LogP contribution is 2.27. The topological polar surface area (TPSA) is 89.9 Å². The van der Waals surface area contributed by atoms with Crippen molar-refractivity contribution in [1.82, 2.24) is 0 Å². The van der Waals surface area contributed by atoms with Crippen molar-refractivity contribution in [3.05, 3.63) is 63.9 Å². The largest absolute Gasteiger partial charge is 0.508 e. The van der Waals surface area contributed by atoms with Gasteiger partial charge in [0.1, 0.15) is 23.7 Å². The summed E-state index contributed by atoms with van der Waals surface area (Å²) in [6, 6.07) is 7.98. The van der Waals surface area contributed by atoms with Gasteiger partial charge in [-0.05, 0) is 31.2 Å². The Labute approximate surface area is 137 Å². The Morgan fingerprint density at radius 1 is 1.29 bits per heavy atom. The molecule has 0 fully saturated rings. The van der Waals surface area contributed by atoms with Gasteiger partial charge in [0, 0.05) is 29.0 Å². The molecular weight excluding hydrogens is 312 g/mol. The molecule has 0 bridgehead atoms. The van der Waals surface area contributed by atoms with E-state index in [0.717, 1.165) is 0 Å². The third kappa shape index (κ3) is 3.32. The van der Waals surface area contributed by atoms with Gasteiger partial charge in [0.15, 0.2) is 0 Å². The maximum atomic E-state index is 11.8. The Bertz CT molecular complexity index is 921. The fourth-order valence-corrected chi connectivity index (χ4v) is 2.45. The SMILES string of the molecule is Cc1c(O)ccc2c(COC(=O)CCc3ccco3)cc(=O)oc12. The summed E-state index contributed by atoms with van der Waals surface area (Å²) in [5.74, 6) is 0.366. The van der Waals surface area contributed by atoms with Crippen LogP contribution in [0.2, 0.25) is 0 Å². The number of hydrogen-bond donors (Lipinski definition) is 1. The second kappa shape index (κ2) is 6.62. The average Bonchev–Trinajstić information content (AvgIpc) is 3.08. The van der Waals surface area contributed by atoms with Gasteiger partial charge in [-0.2, -0.15) is 0 Å². The lowest BCUT2D eigenvalue weighted by Crippen LogP contribution is -2.08. The van der Waals surface area contributed by atoms with Crippen LogP contribution in [0.15, 0.2) is 50.2 Å². The van der Waals surface area contributed by atoms with E-state index in [1.54, 1.807) is 31.4 Å². The fraction of sp³-hybridized carbons (Fsp3) is 0.222. The minimum atomic E-state index is -0.558. The van der Waals surface area contributed by atoms with Crippen LogP contribution < -0.4 is 5.63 Å². The lowest BCUT2D eigenvalue weighted by molar-refractivity contribution is -0.144. The van der Waals surface area contributed by atoms with E-state index in [2.05, 4.69) is 0 Å². The zero-order chi connectivity index (χ0) is 17.1. The number of phenolic OH excluding ortho intramolecular Hbond substituents is 1. The van der Waals surface area contributed by atoms with Crippen molar-refractivity contribution < 1.29 is 23.5 Å². The van der Waals surface area contributed by atoms with Gasteiger partial charge >= 0.3 is 11.6 Å². The Morgan fingerprint density at radius 3 is 2.88 bits per heavy atom. The van der Waals surface area contributed by atoms with Crippen molar-refractivity contribution in [2.24, 2.45) is 0 Å². The Kier molecular flexibility index (Phi) is 4.37. The van der Waals surface area contributed by atoms with Gasteiger partial charge < -0.3 is 18.7 Å². The number of rotatable bonds is 5. The normalized spacial score (nSPS) is 10.9. The summed E-state index contributed by atoms with van der Waals surface area (Å²) in [5.41, 5.74) is 0.744. The van der Waals surface area contributed by atoms with Gasteiger partial charge in [-0.15, -0.1) is 0 Å². The summed E-state index contributed by atoms with van der Waals surface area (Å²) in [6.07, 6.45) is 2.19. The second-order valence-electron chi connectivity index (χ2n) is 5.42. The standard InChI is InChI=1S/C18H16O6/c1-11-15(19)6-5-14-12(9-17(21)24-18(11)14)10-23-16(20)7-4-13-3-2-8-22-13/h2-3,5-6,8-9,19H,4,7,10H2,1H3. The number of aromatic hydroxyl groups is 1. The number of hydrogen-bond acceptors (Lipinski definition) is 6. The van der Waals surface area contributed by atoms with Gasteiger partial charge in [0.05, 0.1) is 12.7 Å². The van der Waals surface area contributed by atoms with Gasteiger partial charge in [0.2, 0.25) is 0 Å². The zero-order valence-electron chi connectivity index (χ0n) is 13.1. The quantitative estimate of drug-likeness (QED) is 0.572. The second-order valence-corrected chi connectivity index (χ2v) is 5.42.